The van der Waals surface area contributed by atoms with Crippen LogP contribution in [0.3, 0.4) is 0 Å². The van der Waals surface area contributed by atoms with E-state index in [9.17, 15) is 24.6 Å². The van der Waals surface area contributed by atoms with Crippen LogP contribution < -0.4 is 0 Å². The van der Waals surface area contributed by atoms with Gasteiger partial charge in [-0.05, 0) is 98.7 Å². The minimum Gasteiger partial charge on any atom is -0.479 e. The quantitative estimate of drug-likeness (QED) is 0.101. The number of nitrogens with zero attached hydrogens (tertiary/aromatic N) is 1. The van der Waals surface area contributed by atoms with Crippen molar-refractivity contribution in [3.63, 3.8) is 0 Å². The highest BCUT2D eigenvalue weighted by Crippen LogP contribution is 2.18. The molecule has 1 amide bonds. The number of hydrogen-bond acceptors (Lipinski definition) is 6. The fraction of sp³-hybridized carbons (Fsp3) is 0.500. The van der Waals surface area contributed by atoms with Crippen LogP contribution in [0.5, 0.6) is 0 Å². The number of ether oxygens (including phenoxy) is 2. The highest BCUT2D eigenvalue weighted by atomic mass is 16.5. The predicted octanol–water partition coefficient (Wildman–Crippen LogP) is 6.59. The lowest BCUT2D eigenvalue weighted by Gasteiger charge is -2.29. The maximum atomic E-state index is 13.6. The van der Waals surface area contributed by atoms with E-state index in [0.29, 0.717) is 25.8 Å². The van der Waals surface area contributed by atoms with Crippen LogP contribution in [0.1, 0.15) is 80.5 Å². The van der Waals surface area contributed by atoms with Gasteiger partial charge in [0.25, 0.3) is 5.91 Å². The summed E-state index contributed by atoms with van der Waals surface area (Å²) in [7, 11) is 0. The minimum atomic E-state index is -1.98. The fourth-order valence-corrected chi connectivity index (χ4v) is 5.57. The Morgan fingerprint density at radius 1 is 0.761 bits per heavy atom. The molecule has 8 nitrogen and oxygen atoms in total. The van der Waals surface area contributed by atoms with Crippen molar-refractivity contribution in [1.82, 2.24) is 4.90 Å². The third kappa shape index (κ3) is 12.2. The molecule has 0 bridgehead atoms. The van der Waals surface area contributed by atoms with E-state index in [1.54, 1.807) is 6.92 Å². The third-order valence-electron chi connectivity index (χ3n) is 8.39. The number of fused-ring (bicyclic) bond motifs is 1. The number of carboxylic acid groups (broad SMARTS) is 1. The normalized spacial score (nSPS) is 12.5. The van der Waals surface area contributed by atoms with Crippen LogP contribution in [-0.4, -0.2) is 71.5 Å². The summed E-state index contributed by atoms with van der Waals surface area (Å²) >= 11 is 0. The van der Waals surface area contributed by atoms with Crippen LogP contribution in [0.2, 0.25) is 0 Å². The maximum absolute atomic E-state index is 13.6. The van der Waals surface area contributed by atoms with Crippen LogP contribution in [0.4, 0.5) is 0 Å². The van der Waals surface area contributed by atoms with Crippen LogP contribution in [0, 0.1) is 13.8 Å². The average Bonchev–Trinajstić information content (AvgIpc) is 3.04. The lowest BCUT2D eigenvalue weighted by Crippen LogP contribution is -2.50. The van der Waals surface area contributed by atoms with Gasteiger partial charge in [0, 0.05) is 26.1 Å². The number of amides is 1. The molecule has 0 radical (unpaired) electrons. The second-order valence-corrected chi connectivity index (χ2v) is 12.0. The van der Waals surface area contributed by atoms with Crippen molar-refractivity contribution in [2.45, 2.75) is 97.2 Å². The van der Waals surface area contributed by atoms with Gasteiger partial charge in [-0.1, -0.05) is 73.5 Å². The smallest absolute Gasteiger partial charge is 0.335 e. The molecular weight excluding hydrogens is 582 g/mol. The number of carboxylic acids is 1. The zero-order valence-corrected chi connectivity index (χ0v) is 27.7. The number of unbranched alkanes of at least 4 members (excludes halogenated alkanes) is 4. The zero-order valence-electron chi connectivity index (χ0n) is 27.7. The monoisotopic (exact) mass is 633 g/mol. The topological polar surface area (TPSA) is 113 Å². The van der Waals surface area contributed by atoms with E-state index in [-0.39, 0.29) is 32.1 Å². The molecule has 46 heavy (non-hydrogen) atoms. The number of benzene rings is 3. The summed E-state index contributed by atoms with van der Waals surface area (Å²) in [6, 6.07) is 21.2. The molecule has 2 N–H and O–H groups in total. The molecule has 0 saturated heterocycles. The van der Waals surface area contributed by atoms with Gasteiger partial charge >= 0.3 is 11.9 Å². The van der Waals surface area contributed by atoms with Gasteiger partial charge in [-0.25, -0.2) is 4.79 Å². The first-order chi connectivity index (χ1) is 22.2. The van der Waals surface area contributed by atoms with Gasteiger partial charge in [-0.3, -0.25) is 9.59 Å². The minimum absolute atomic E-state index is 0.146. The van der Waals surface area contributed by atoms with E-state index in [1.807, 2.05) is 12.1 Å². The molecule has 8 heteroatoms. The SMILES string of the molecule is CCOC(=O)CCCN(CCCCCc1ccc2ccccc2c1)C(=O)C(OCCCCCc1ccc(C)c(C)c1)[C@@H](O)C(=O)O. The molecule has 3 aromatic carbocycles. The van der Waals surface area contributed by atoms with Crippen LogP contribution in [0.15, 0.2) is 60.7 Å². The summed E-state index contributed by atoms with van der Waals surface area (Å²) in [6.45, 7) is 7.00. The summed E-state index contributed by atoms with van der Waals surface area (Å²) in [5, 5.41) is 22.4. The summed E-state index contributed by atoms with van der Waals surface area (Å²) in [4.78, 5) is 38.8. The third-order valence-corrected chi connectivity index (χ3v) is 8.39. The summed E-state index contributed by atoms with van der Waals surface area (Å²) < 4.78 is 10.8. The standard InChI is InChI=1S/C38H51NO7/c1-4-45-34(40)18-13-24-39(23-11-5-7-15-31-21-22-32-16-9-10-17-33(32)27-31)37(42)36(35(41)38(43)44)46-25-12-6-8-14-30-20-19-28(2)29(3)26-30/h9-10,16-17,19-22,26-27,35-36,41H,4-8,11-15,18,23-25H2,1-3H3,(H,43,44)/t35-,36?/m1/s1. The van der Waals surface area contributed by atoms with E-state index >= 15 is 0 Å². The largest absolute Gasteiger partial charge is 0.479 e. The number of rotatable bonds is 21. The molecule has 1 unspecified atom stereocenters. The summed E-state index contributed by atoms with van der Waals surface area (Å²) in [6.07, 6.45) is 3.77. The molecule has 3 rings (SSSR count). The molecule has 3 aromatic rings. The first kappa shape index (κ1) is 36.7. The molecule has 0 aliphatic heterocycles. The van der Waals surface area contributed by atoms with Crippen LogP contribution >= 0.6 is 0 Å². The van der Waals surface area contributed by atoms with Gasteiger partial charge in [0.1, 0.15) is 0 Å². The van der Waals surface area contributed by atoms with Crippen molar-refractivity contribution in [1.29, 1.82) is 0 Å². The lowest BCUT2D eigenvalue weighted by atomic mass is 10.0. The number of hydrogen-bond donors (Lipinski definition) is 2. The average molecular weight is 634 g/mol. The molecule has 0 saturated carbocycles. The van der Waals surface area contributed by atoms with E-state index in [1.165, 1.54) is 37.9 Å². The van der Waals surface area contributed by atoms with E-state index in [4.69, 9.17) is 9.47 Å². The Hall–Kier alpha value is -3.75. The second kappa shape index (κ2) is 19.7. The predicted molar refractivity (Wildman–Crippen MR) is 181 cm³/mol. The van der Waals surface area contributed by atoms with Gasteiger partial charge in [0.2, 0.25) is 0 Å². The number of aliphatic hydroxyl groups is 1. The fourth-order valence-electron chi connectivity index (χ4n) is 5.57. The Labute approximate surface area is 273 Å². The molecule has 0 aliphatic rings. The Bertz CT molecular complexity index is 1400. The van der Waals surface area contributed by atoms with Crippen molar-refractivity contribution >= 4 is 28.6 Å². The molecule has 0 heterocycles. The zero-order chi connectivity index (χ0) is 33.3. The molecule has 0 spiro atoms. The highest BCUT2D eigenvalue weighted by molar-refractivity contribution is 5.88. The van der Waals surface area contributed by atoms with Gasteiger partial charge in [0.15, 0.2) is 12.2 Å². The summed E-state index contributed by atoms with van der Waals surface area (Å²) in [5.74, 6) is -2.41. The summed E-state index contributed by atoms with van der Waals surface area (Å²) in [5.41, 5.74) is 5.06. The number of aliphatic hydroxyl groups excluding tert-OH is 1. The highest BCUT2D eigenvalue weighted by Gasteiger charge is 2.35. The van der Waals surface area contributed by atoms with Crippen molar-refractivity contribution < 1.29 is 34.1 Å². The second-order valence-electron chi connectivity index (χ2n) is 12.0. The number of aliphatic carboxylic acids is 1. The number of aryl methyl sites for hydroxylation is 4. The van der Waals surface area contributed by atoms with Gasteiger partial charge in [-0.2, -0.15) is 0 Å². The number of esters is 1. The Balaban J connectivity index is 1.53. The van der Waals surface area contributed by atoms with Crippen LogP contribution in [0.25, 0.3) is 10.8 Å². The van der Waals surface area contributed by atoms with Crippen molar-refractivity contribution in [3.05, 3.63) is 82.9 Å². The van der Waals surface area contributed by atoms with Crippen molar-refractivity contribution in [2.75, 3.05) is 26.3 Å². The lowest BCUT2D eigenvalue weighted by molar-refractivity contribution is -0.167. The first-order valence-corrected chi connectivity index (χ1v) is 16.7. The molecule has 0 aliphatic carbocycles. The van der Waals surface area contributed by atoms with E-state index < -0.39 is 24.1 Å². The van der Waals surface area contributed by atoms with Gasteiger partial charge in [0.05, 0.1) is 6.61 Å². The van der Waals surface area contributed by atoms with E-state index in [0.717, 1.165) is 38.5 Å². The van der Waals surface area contributed by atoms with Crippen LogP contribution in [-0.2, 0) is 36.7 Å². The Morgan fingerprint density at radius 3 is 2.11 bits per heavy atom. The Kier molecular flexibility index (Phi) is 15.7. The number of carbonyl (C=O) groups excluding carboxylic acids is 2. The van der Waals surface area contributed by atoms with Crippen molar-refractivity contribution in [3.8, 4) is 0 Å². The number of carbonyl (C=O) groups is 3. The molecule has 0 aromatic heterocycles. The first-order valence-electron chi connectivity index (χ1n) is 16.7. The van der Waals surface area contributed by atoms with Crippen molar-refractivity contribution in [2.24, 2.45) is 0 Å². The molecule has 2 atom stereocenters. The van der Waals surface area contributed by atoms with E-state index in [2.05, 4.69) is 62.4 Å². The molecule has 0 fully saturated rings. The molecular formula is C38H51NO7. The maximum Gasteiger partial charge on any atom is 0.335 e. The van der Waals surface area contributed by atoms with Gasteiger partial charge in [-0.15, -0.1) is 0 Å². The Morgan fingerprint density at radius 2 is 1.41 bits per heavy atom. The molecule has 250 valence electrons. The van der Waals surface area contributed by atoms with Gasteiger partial charge < -0.3 is 24.6 Å².